The van der Waals surface area contributed by atoms with Crippen LogP contribution in [-0.2, 0) is 0 Å². The van der Waals surface area contributed by atoms with Crippen molar-refractivity contribution < 1.29 is 4.79 Å². The molecule has 0 spiro atoms. The number of nitrogens with one attached hydrogen (secondary N) is 1. The average Bonchev–Trinajstić information content (AvgIpc) is 2.34. The van der Waals surface area contributed by atoms with Gasteiger partial charge >= 0.3 is 0 Å². The second kappa shape index (κ2) is 6.94. The van der Waals surface area contributed by atoms with Crippen molar-refractivity contribution in [1.29, 1.82) is 0 Å². The van der Waals surface area contributed by atoms with E-state index in [1.165, 1.54) is 6.42 Å². The number of hydrogen-bond donors (Lipinski definition) is 1. The smallest absolute Gasteiger partial charge is 0.251 e. The maximum absolute atomic E-state index is 11.9. The quantitative estimate of drug-likeness (QED) is 0.767. The predicted octanol–water partition coefficient (Wildman–Crippen LogP) is 2.67. The molecule has 0 radical (unpaired) electrons. The van der Waals surface area contributed by atoms with E-state index >= 15 is 0 Å². The van der Waals surface area contributed by atoms with Crippen molar-refractivity contribution in [3.05, 3.63) is 29.8 Å². The van der Waals surface area contributed by atoms with Crippen LogP contribution < -0.4 is 10.2 Å². The molecule has 0 atom stereocenters. The minimum Gasteiger partial charge on any atom is -0.378 e. The molecule has 0 aromatic heterocycles. The molecule has 1 aromatic carbocycles. The molecular formula is C14H22N2O. The van der Waals surface area contributed by atoms with Gasteiger partial charge < -0.3 is 10.2 Å². The molecule has 0 saturated carbocycles. The Bertz CT molecular complexity index is 361. The van der Waals surface area contributed by atoms with Gasteiger partial charge in [0.05, 0.1) is 0 Å². The Labute approximate surface area is 104 Å². The van der Waals surface area contributed by atoms with E-state index in [4.69, 9.17) is 0 Å². The van der Waals surface area contributed by atoms with Crippen molar-refractivity contribution in [3.63, 3.8) is 0 Å². The van der Waals surface area contributed by atoms with Gasteiger partial charge in [-0.2, -0.15) is 0 Å². The minimum atomic E-state index is 0.0183. The number of rotatable bonds is 6. The lowest BCUT2D eigenvalue weighted by Crippen LogP contribution is -2.24. The Morgan fingerprint density at radius 1 is 1.29 bits per heavy atom. The highest BCUT2D eigenvalue weighted by molar-refractivity contribution is 5.95. The van der Waals surface area contributed by atoms with Crippen molar-refractivity contribution in [2.75, 3.05) is 25.5 Å². The van der Waals surface area contributed by atoms with Gasteiger partial charge in [-0.25, -0.2) is 0 Å². The second-order valence-corrected chi connectivity index (χ2v) is 4.41. The summed E-state index contributed by atoms with van der Waals surface area (Å²) in [5, 5.41) is 2.94. The first-order chi connectivity index (χ1) is 8.15. The van der Waals surface area contributed by atoms with E-state index in [0.717, 1.165) is 30.6 Å². The van der Waals surface area contributed by atoms with Gasteiger partial charge in [-0.3, -0.25) is 4.79 Å². The van der Waals surface area contributed by atoms with Crippen LogP contribution in [0.3, 0.4) is 0 Å². The third-order valence-corrected chi connectivity index (χ3v) is 2.69. The molecule has 0 aliphatic carbocycles. The summed E-state index contributed by atoms with van der Waals surface area (Å²) in [5.41, 5.74) is 1.78. The Balaban J connectivity index is 2.53. The van der Waals surface area contributed by atoms with Crippen LogP contribution in [0.1, 0.15) is 36.5 Å². The fourth-order valence-electron chi connectivity index (χ4n) is 1.60. The number of benzene rings is 1. The first kappa shape index (κ1) is 13.6. The van der Waals surface area contributed by atoms with Crippen molar-refractivity contribution in [3.8, 4) is 0 Å². The second-order valence-electron chi connectivity index (χ2n) is 4.41. The van der Waals surface area contributed by atoms with Crippen molar-refractivity contribution in [1.82, 2.24) is 5.32 Å². The summed E-state index contributed by atoms with van der Waals surface area (Å²) < 4.78 is 0. The van der Waals surface area contributed by atoms with Crippen LogP contribution in [0.25, 0.3) is 0 Å². The van der Waals surface area contributed by atoms with Gasteiger partial charge in [0, 0.05) is 31.9 Å². The molecule has 1 rings (SSSR count). The number of unbranched alkanes of at least 4 members (excludes halogenated alkanes) is 2. The predicted molar refractivity (Wildman–Crippen MR) is 72.6 cm³/mol. The molecular weight excluding hydrogens is 212 g/mol. The molecule has 0 bridgehead atoms. The van der Waals surface area contributed by atoms with Gasteiger partial charge in [0.1, 0.15) is 0 Å². The number of amides is 1. The molecule has 0 fully saturated rings. The molecule has 0 aliphatic heterocycles. The number of carbonyl (C=O) groups is 1. The molecule has 94 valence electrons. The van der Waals surface area contributed by atoms with Crippen LogP contribution in [0.2, 0.25) is 0 Å². The Kier molecular flexibility index (Phi) is 5.53. The summed E-state index contributed by atoms with van der Waals surface area (Å²) in [4.78, 5) is 13.8. The summed E-state index contributed by atoms with van der Waals surface area (Å²) in [6, 6.07) is 7.67. The Morgan fingerprint density at radius 3 is 2.71 bits per heavy atom. The van der Waals surface area contributed by atoms with E-state index in [-0.39, 0.29) is 5.91 Å². The largest absolute Gasteiger partial charge is 0.378 e. The standard InChI is InChI=1S/C14H22N2O/c1-4-5-6-10-15-14(17)12-8-7-9-13(11-12)16(2)3/h7-9,11H,4-6,10H2,1-3H3,(H,15,17). The first-order valence-corrected chi connectivity index (χ1v) is 6.20. The zero-order valence-electron chi connectivity index (χ0n) is 11.0. The molecule has 1 amide bonds. The normalized spacial score (nSPS) is 10.1. The number of nitrogens with zero attached hydrogens (tertiary/aromatic N) is 1. The fourth-order valence-corrected chi connectivity index (χ4v) is 1.60. The molecule has 0 saturated heterocycles. The Morgan fingerprint density at radius 2 is 2.06 bits per heavy atom. The van der Waals surface area contributed by atoms with E-state index in [1.807, 2.05) is 43.3 Å². The van der Waals surface area contributed by atoms with E-state index in [2.05, 4.69) is 12.2 Å². The molecule has 0 aliphatic rings. The summed E-state index contributed by atoms with van der Waals surface area (Å²) >= 11 is 0. The van der Waals surface area contributed by atoms with Crippen LogP contribution in [0.5, 0.6) is 0 Å². The zero-order chi connectivity index (χ0) is 12.7. The van der Waals surface area contributed by atoms with Gasteiger partial charge in [-0.05, 0) is 24.6 Å². The molecule has 0 unspecified atom stereocenters. The van der Waals surface area contributed by atoms with Gasteiger partial charge in [-0.15, -0.1) is 0 Å². The number of anilines is 1. The molecule has 3 nitrogen and oxygen atoms in total. The summed E-state index contributed by atoms with van der Waals surface area (Å²) in [7, 11) is 3.94. The van der Waals surface area contributed by atoms with Crippen molar-refractivity contribution in [2.24, 2.45) is 0 Å². The molecule has 17 heavy (non-hydrogen) atoms. The third kappa shape index (κ3) is 4.47. The fraction of sp³-hybridized carbons (Fsp3) is 0.500. The Hall–Kier alpha value is -1.51. The van der Waals surface area contributed by atoms with Crippen LogP contribution in [0, 0.1) is 0 Å². The van der Waals surface area contributed by atoms with Crippen molar-refractivity contribution in [2.45, 2.75) is 26.2 Å². The summed E-state index contributed by atoms with van der Waals surface area (Å²) in [6.45, 7) is 2.92. The third-order valence-electron chi connectivity index (χ3n) is 2.69. The van der Waals surface area contributed by atoms with E-state index in [1.54, 1.807) is 0 Å². The SMILES string of the molecule is CCCCCNC(=O)c1cccc(N(C)C)c1. The van der Waals surface area contributed by atoms with Gasteiger partial charge in [0.2, 0.25) is 0 Å². The lowest BCUT2D eigenvalue weighted by Gasteiger charge is -2.13. The molecule has 1 aromatic rings. The van der Waals surface area contributed by atoms with E-state index in [0.29, 0.717) is 0 Å². The monoisotopic (exact) mass is 234 g/mol. The molecule has 0 heterocycles. The highest BCUT2D eigenvalue weighted by atomic mass is 16.1. The van der Waals surface area contributed by atoms with Gasteiger partial charge in [-0.1, -0.05) is 25.8 Å². The maximum Gasteiger partial charge on any atom is 0.251 e. The van der Waals surface area contributed by atoms with E-state index in [9.17, 15) is 4.79 Å². The van der Waals surface area contributed by atoms with Crippen LogP contribution >= 0.6 is 0 Å². The van der Waals surface area contributed by atoms with Crippen LogP contribution in [0.15, 0.2) is 24.3 Å². The van der Waals surface area contributed by atoms with Crippen molar-refractivity contribution >= 4 is 11.6 Å². The highest BCUT2D eigenvalue weighted by Crippen LogP contribution is 2.13. The van der Waals surface area contributed by atoms with E-state index < -0.39 is 0 Å². The topological polar surface area (TPSA) is 32.3 Å². The van der Waals surface area contributed by atoms with Crippen LogP contribution in [-0.4, -0.2) is 26.5 Å². The average molecular weight is 234 g/mol. The summed E-state index contributed by atoms with van der Waals surface area (Å²) in [6.07, 6.45) is 3.39. The molecule has 1 N–H and O–H groups in total. The summed E-state index contributed by atoms with van der Waals surface area (Å²) in [5.74, 6) is 0.0183. The lowest BCUT2D eigenvalue weighted by atomic mass is 10.1. The highest BCUT2D eigenvalue weighted by Gasteiger charge is 2.05. The van der Waals surface area contributed by atoms with Crippen LogP contribution in [0.4, 0.5) is 5.69 Å². The molecule has 3 heteroatoms. The lowest BCUT2D eigenvalue weighted by molar-refractivity contribution is 0.0953. The maximum atomic E-state index is 11.9. The van der Waals surface area contributed by atoms with Gasteiger partial charge in [0.25, 0.3) is 5.91 Å². The number of hydrogen-bond acceptors (Lipinski definition) is 2. The first-order valence-electron chi connectivity index (χ1n) is 6.20. The van der Waals surface area contributed by atoms with Gasteiger partial charge in [0.15, 0.2) is 0 Å². The zero-order valence-corrected chi connectivity index (χ0v) is 11.0. The minimum absolute atomic E-state index is 0.0183. The number of carbonyl (C=O) groups excluding carboxylic acids is 1.